The number of nitrogens with one attached hydrogen (secondary N) is 1. The van der Waals surface area contributed by atoms with Crippen LogP contribution >= 0.6 is 0 Å². The van der Waals surface area contributed by atoms with Gasteiger partial charge in [-0.05, 0) is 6.42 Å². The van der Waals surface area contributed by atoms with Crippen LogP contribution in [0.25, 0.3) is 0 Å². The number of carbonyl (C=O) groups is 1. The van der Waals surface area contributed by atoms with Gasteiger partial charge in [0.15, 0.2) is 0 Å². The molecule has 0 heterocycles. The minimum atomic E-state index is -4.25. The van der Waals surface area contributed by atoms with Crippen molar-refractivity contribution in [1.82, 2.24) is 5.32 Å². The Labute approximate surface area is 183 Å². The van der Waals surface area contributed by atoms with Gasteiger partial charge in [-0.2, -0.15) is 0 Å². The maximum Gasteiger partial charge on any atom is 1.00 e. The molecule has 0 spiro atoms. The van der Waals surface area contributed by atoms with Crippen LogP contribution < -0.4 is 34.9 Å². The number of amides is 1. The first-order valence-electron chi connectivity index (χ1n) is 10.1. The van der Waals surface area contributed by atoms with Crippen molar-refractivity contribution in [3.8, 4) is 0 Å². The molecule has 1 amide bonds. The third-order valence-corrected chi connectivity index (χ3v) is 5.29. The van der Waals surface area contributed by atoms with Crippen molar-refractivity contribution < 1.29 is 47.3 Å². The van der Waals surface area contributed by atoms with Gasteiger partial charge in [0.2, 0.25) is 5.91 Å². The predicted octanol–water partition coefficient (Wildman–Crippen LogP) is 1.38. The number of hydrogen-bond donors (Lipinski definition) is 1. The van der Waals surface area contributed by atoms with Gasteiger partial charge in [0.05, 0.1) is 15.9 Å². The van der Waals surface area contributed by atoms with Crippen molar-refractivity contribution in [2.24, 2.45) is 5.92 Å². The van der Waals surface area contributed by atoms with E-state index in [2.05, 4.69) is 12.2 Å². The third-order valence-electron chi connectivity index (χ3n) is 4.59. The van der Waals surface area contributed by atoms with Gasteiger partial charge in [-0.25, -0.2) is 8.42 Å². The van der Waals surface area contributed by atoms with Crippen molar-refractivity contribution in [2.75, 3.05) is 12.3 Å². The number of carbonyl (C=O) groups excluding carboxylic acids is 1. The summed E-state index contributed by atoms with van der Waals surface area (Å²) in [4.78, 5) is 11.8. The average Bonchev–Trinajstić information content (AvgIpc) is 2.54. The molecule has 0 fully saturated rings. The first-order chi connectivity index (χ1) is 11.9. The van der Waals surface area contributed by atoms with Crippen LogP contribution in [0.5, 0.6) is 0 Å². The van der Waals surface area contributed by atoms with Crippen molar-refractivity contribution in [3.05, 3.63) is 0 Å². The summed E-state index contributed by atoms with van der Waals surface area (Å²) < 4.78 is 31.4. The van der Waals surface area contributed by atoms with Crippen molar-refractivity contribution in [2.45, 2.75) is 97.3 Å². The fourth-order valence-electron chi connectivity index (χ4n) is 2.90. The van der Waals surface area contributed by atoms with Crippen LogP contribution in [0.15, 0.2) is 0 Å². The Balaban J connectivity index is 0. The second-order valence-electron chi connectivity index (χ2n) is 7.13. The van der Waals surface area contributed by atoms with Gasteiger partial charge in [0.1, 0.15) is 0 Å². The van der Waals surface area contributed by atoms with Gasteiger partial charge < -0.3 is 9.87 Å². The molecule has 0 aliphatic rings. The Kier molecular flexibility index (Phi) is 20.6. The molecule has 26 heavy (non-hydrogen) atoms. The van der Waals surface area contributed by atoms with Crippen LogP contribution in [-0.2, 0) is 14.9 Å². The monoisotopic (exact) mass is 399 g/mol. The van der Waals surface area contributed by atoms with Gasteiger partial charge >= 0.3 is 29.6 Å². The molecule has 1 atom stereocenters. The van der Waals surface area contributed by atoms with E-state index >= 15 is 0 Å². The van der Waals surface area contributed by atoms with Gasteiger partial charge in [0.25, 0.3) is 0 Å². The molecule has 0 saturated carbocycles. The molecule has 1 unspecified atom stereocenters. The van der Waals surface area contributed by atoms with E-state index < -0.39 is 15.9 Å². The quantitative estimate of drug-likeness (QED) is 0.227. The summed E-state index contributed by atoms with van der Waals surface area (Å²) in [5.74, 6) is -0.825. The van der Waals surface area contributed by atoms with E-state index in [4.69, 9.17) is 0 Å². The summed E-state index contributed by atoms with van der Waals surface area (Å²) in [7, 11) is -4.25. The number of rotatable bonds is 17. The topological polar surface area (TPSA) is 86.3 Å². The molecule has 0 radical (unpaired) electrons. The maximum atomic E-state index is 11.8. The van der Waals surface area contributed by atoms with Crippen molar-refractivity contribution >= 4 is 16.0 Å². The van der Waals surface area contributed by atoms with Gasteiger partial charge in [-0.15, -0.1) is 0 Å². The van der Waals surface area contributed by atoms with E-state index in [1.54, 1.807) is 0 Å². The summed E-state index contributed by atoms with van der Waals surface area (Å²) >= 11 is 0. The summed E-state index contributed by atoms with van der Waals surface area (Å²) in [5.41, 5.74) is 0. The Morgan fingerprint density at radius 3 is 1.73 bits per heavy atom. The van der Waals surface area contributed by atoms with Crippen LogP contribution in [0.3, 0.4) is 0 Å². The van der Waals surface area contributed by atoms with E-state index in [1.165, 1.54) is 64.2 Å². The minimum absolute atomic E-state index is 0. The third kappa shape index (κ3) is 20.7. The molecule has 0 rings (SSSR count). The zero-order valence-electron chi connectivity index (χ0n) is 17.2. The Hall–Kier alpha value is 0.380. The summed E-state index contributed by atoms with van der Waals surface area (Å²) in [5, 5.41) is 2.51. The van der Waals surface area contributed by atoms with E-state index in [9.17, 15) is 17.8 Å². The maximum absolute atomic E-state index is 11.8. The molecule has 150 valence electrons. The van der Waals surface area contributed by atoms with E-state index in [-0.39, 0.29) is 47.9 Å². The molecule has 1 N–H and O–H groups in total. The van der Waals surface area contributed by atoms with Crippen LogP contribution in [0, 0.1) is 5.92 Å². The largest absolute Gasteiger partial charge is 1.00 e. The minimum Gasteiger partial charge on any atom is -0.748 e. The fourth-order valence-corrected chi connectivity index (χ4v) is 3.25. The molecule has 0 aliphatic heterocycles. The summed E-state index contributed by atoms with van der Waals surface area (Å²) in [6.07, 6.45) is 16.3. The Morgan fingerprint density at radius 2 is 1.31 bits per heavy atom. The molecule has 0 bridgehead atoms. The van der Waals surface area contributed by atoms with E-state index in [0.717, 1.165) is 19.3 Å². The van der Waals surface area contributed by atoms with Crippen LogP contribution in [0.2, 0.25) is 0 Å². The van der Waals surface area contributed by atoms with Crippen LogP contribution in [-0.4, -0.2) is 31.2 Å². The van der Waals surface area contributed by atoms with Crippen molar-refractivity contribution in [3.63, 3.8) is 0 Å². The van der Waals surface area contributed by atoms with E-state index in [1.807, 2.05) is 6.92 Å². The zero-order chi connectivity index (χ0) is 19.0. The molecule has 0 saturated heterocycles. The standard InChI is InChI=1S/C19H39NO4S.Na/c1-3-4-5-6-7-8-9-10-11-12-13-14-15-18(2)19(21)20-16-17-25(22,23)24;/h18H,3-17H2,1-2H3,(H,20,21)(H,22,23,24);/q;+1/p-1. The molecule has 0 aromatic carbocycles. The second kappa shape index (κ2) is 18.7. The zero-order valence-corrected chi connectivity index (χ0v) is 20.0. The molecular formula is C19H38NNaO4S. The smallest absolute Gasteiger partial charge is 0.748 e. The Morgan fingerprint density at radius 1 is 0.885 bits per heavy atom. The van der Waals surface area contributed by atoms with Crippen LogP contribution in [0.1, 0.15) is 97.3 Å². The summed E-state index contributed by atoms with van der Waals surface area (Å²) in [6.45, 7) is 4.00. The summed E-state index contributed by atoms with van der Waals surface area (Å²) in [6, 6.07) is 0. The van der Waals surface area contributed by atoms with Crippen LogP contribution in [0.4, 0.5) is 0 Å². The van der Waals surface area contributed by atoms with Gasteiger partial charge in [-0.1, -0.05) is 90.9 Å². The molecule has 5 nitrogen and oxygen atoms in total. The normalized spacial score (nSPS) is 12.4. The van der Waals surface area contributed by atoms with Gasteiger partial charge in [0, 0.05) is 12.5 Å². The van der Waals surface area contributed by atoms with E-state index in [0.29, 0.717) is 0 Å². The molecule has 0 aromatic rings. The number of hydrogen-bond acceptors (Lipinski definition) is 4. The predicted molar refractivity (Wildman–Crippen MR) is 102 cm³/mol. The Bertz CT molecular complexity index is 429. The molecular weight excluding hydrogens is 361 g/mol. The molecule has 0 aromatic heterocycles. The molecule has 0 aliphatic carbocycles. The van der Waals surface area contributed by atoms with Gasteiger partial charge in [-0.3, -0.25) is 4.79 Å². The fraction of sp³-hybridized carbons (Fsp3) is 0.947. The SMILES string of the molecule is CCCCCCCCCCCCCCC(C)C(=O)NCCS(=O)(=O)[O-].[Na+]. The second-order valence-corrected chi connectivity index (χ2v) is 8.66. The average molecular weight is 400 g/mol. The van der Waals surface area contributed by atoms with Crippen molar-refractivity contribution in [1.29, 1.82) is 0 Å². The number of unbranched alkanes of at least 4 members (excludes halogenated alkanes) is 11. The molecule has 7 heteroatoms. The first kappa shape index (κ1) is 28.6. The first-order valence-corrected chi connectivity index (χ1v) is 11.7.